The van der Waals surface area contributed by atoms with E-state index in [1.807, 2.05) is 4.90 Å². The van der Waals surface area contributed by atoms with Gasteiger partial charge >= 0.3 is 0 Å². The van der Waals surface area contributed by atoms with Crippen LogP contribution >= 0.6 is 0 Å². The second-order valence-corrected chi connectivity index (χ2v) is 12.9. The molecular weight excluding hydrogens is 572 g/mol. The first kappa shape index (κ1) is 29.2. The number of nitrogens with zero attached hydrogens (tertiary/aromatic N) is 4. The Kier molecular flexibility index (Phi) is 8.13. The van der Waals surface area contributed by atoms with E-state index in [2.05, 4.69) is 10.00 Å². The van der Waals surface area contributed by atoms with Crippen LogP contribution in [0.2, 0.25) is 0 Å². The number of carbonyl (C=O) groups excluding carboxylic acids is 1. The van der Waals surface area contributed by atoms with Crippen LogP contribution in [0.15, 0.2) is 83.9 Å². The second kappa shape index (κ2) is 12.0. The Labute approximate surface area is 249 Å². The van der Waals surface area contributed by atoms with Gasteiger partial charge in [-0.15, -0.1) is 0 Å². The summed E-state index contributed by atoms with van der Waals surface area (Å²) in [5, 5.41) is 9.84. The van der Waals surface area contributed by atoms with Crippen molar-refractivity contribution in [1.29, 1.82) is 0 Å². The van der Waals surface area contributed by atoms with E-state index in [1.165, 1.54) is 36.4 Å². The number of piperidine rings is 1. The molecule has 2 aliphatic rings. The van der Waals surface area contributed by atoms with E-state index in [1.54, 1.807) is 47.3 Å². The number of primary sulfonamides is 1. The zero-order valence-electron chi connectivity index (χ0n) is 23.6. The molecule has 1 amide bonds. The maximum Gasteiger partial charge on any atom is 0.257 e. The maximum absolute atomic E-state index is 13.9. The molecule has 0 spiro atoms. The highest BCUT2D eigenvalue weighted by Gasteiger charge is 2.34. The van der Waals surface area contributed by atoms with Crippen molar-refractivity contribution in [2.45, 2.75) is 42.5 Å². The van der Waals surface area contributed by atoms with E-state index in [9.17, 15) is 22.0 Å². The molecule has 4 aromatic rings. The van der Waals surface area contributed by atoms with E-state index in [0.717, 1.165) is 49.2 Å². The number of halogens is 2. The molecule has 2 fully saturated rings. The van der Waals surface area contributed by atoms with Gasteiger partial charge in [0.25, 0.3) is 5.91 Å². The highest BCUT2D eigenvalue weighted by Crippen LogP contribution is 2.35. The van der Waals surface area contributed by atoms with Crippen LogP contribution in [0.1, 0.15) is 58.3 Å². The molecule has 3 aromatic carbocycles. The monoisotopic (exact) mass is 605 g/mol. The minimum atomic E-state index is -3.74. The predicted octanol–water partition coefficient (Wildman–Crippen LogP) is 4.81. The molecule has 0 bridgehead atoms. The Morgan fingerprint density at radius 1 is 0.837 bits per heavy atom. The molecule has 11 heteroatoms. The largest absolute Gasteiger partial charge is 0.338 e. The van der Waals surface area contributed by atoms with Crippen molar-refractivity contribution in [1.82, 2.24) is 19.6 Å². The molecular formula is C32H33F2N5O3S. The highest BCUT2D eigenvalue weighted by molar-refractivity contribution is 7.89. The first-order valence-corrected chi connectivity index (χ1v) is 15.9. The van der Waals surface area contributed by atoms with Crippen LogP contribution in [0.5, 0.6) is 0 Å². The summed E-state index contributed by atoms with van der Waals surface area (Å²) < 4.78 is 52.1. The van der Waals surface area contributed by atoms with Crippen LogP contribution in [0.3, 0.4) is 0 Å². The van der Waals surface area contributed by atoms with Gasteiger partial charge in [-0.2, -0.15) is 5.10 Å². The lowest BCUT2D eigenvalue weighted by molar-refractivity contribution is 0.0788. The summed E-state index contributed by atoms with van der Waals surface area (Å²) in [7, 11) is -3.74. The summed E-state index contributed by atoms with van der Waals surface area (Å²) >= 11 is 0. The first-order chi connectivity index (χ1) is 20.7. The van der Waals surface area contributed by atoms with Gasteiger partial charge in [-0.05, 0) is 92.0 Å². The van der Waals surface area contributed by atoms with Gasteiger partial charge in [0, 0.05) is 31.5 Å². The number of aromatic nitrogens is 2. The van der Waals surface area contributed by atoms with Crippen LogP contribution in [-0.4, -0.2) is 60.1 Å². The quantitative estimate of drug-likeness (QED) is 0.326. The number of benzene rings is 3. The number of carbonyl (C=O) groups is 1. The second-order valence-electron chi connectivity index (χ2n) is 11.4. The van der Waals surface area contributed by atoms with E-state index in [4.69, 9.17) is 5.14 Å². The summed E-state index contributed by atoms with van der Waals surface area (Å²) in [4.78, 5) is 18.2. The predicted molar refractivity (Wildman–Crippen MR) is 158 cm³/mol. The van der Waals surface area contributed by atoms with Gasteiger partial charge in [-0.25, -0.2) is 27.0 Å². The van der Waals surface area contributed by atoms with E-state index in [-0.39, 0.29) is 34.3 Å². The number of sulfonamides is 1. The van der Waals surface area contributed by atoms with Crippen molar-refractivity contribution >= 4 is 15.9 Å². The normalized spacial score (nSPS) is 18.3. The SMILES string of the molecule is NS(=O)(=O)c1ccc(CN2CCC(c3c(C(=O)N4CC[C@H](c5ccc(F)cc5)C4)cnn3-c3ccc(F)cc3)CC2)cc1. The first-order valence-electron chi connectivity index (χ1n) is 14.4. The fourth-order valence-corrected chi connectivity index (χ4v) is 6.75. The fourth-order valence-electron chi connectivity index (χ4n) is 6.23. The lowest BCUT2D eigenvalue weighted by atomic mass is 9.90. The third kappa shape index (κ3) is 6.39. The number of rotatable bonds is 7. The summed E-state index contributed by atoms with van der Waals surface area (Å²) in [5.41, 5.74) is 4.09. The van der Waals surface area contributed by atoms with Gasteiger partial charge in [0.05, 0.1) is 28.0 Å². The minimum Gasteiger partial charge on any atom is -0.338 e. The zero-order valence-corrected chi connectivity index (χ0v) is 24.4. The zero-order chi connectivity index (χ0) is 30.1. The summed E-state index contributed by atoms with van der Waals surface area (Å²) in [6.45, 7) is 3.37. The highest BCUT2D eigenvalue weighted by atomic mass is 32.2. The van der Waals surface area contributed by atoms with Gasteiger partial charge in [0.1, 0.15) is 11.6 Å². The third-order valence-corrected chi connectivity index (χ3v) is 9.49. The van der Waals surface area contributed by atoms with Gasteiger partial charge < -0.3 is 4.90 Å². The average molecular weight is 606 g/mol. The van der Waals surface area contributed by atoms with E-state index < -0.39 is 10.0 Å². The number of hydrogen-bond donors (Lipinski definition) is 1. The molecule has 0 aliphatic carbocycles. The van der Waals surface area contributed by atoms with Crippen molar-refractivity contribution in [3.63, 3.8) is 0 Å². The van der Waals surface area contributed by atoms with Crippen molar-refractivity contribution in [3.8, 4) is 5.69 Å². The Morgan fingerprint density at radius 2 is 1.44 bits per heavy atom. The molecule has 3 heterocycles. The summed E-state index contributed by atoms with van der Waals surface area (Å²) in [5.74, 6) is -0.502. The minimum absolute atomic E-state index is 0.0583. The molecule has 1 atom stereocenters. The molecule has 2 saturated heterocycles. The standard InChI is InChI=1S/C32H33F2N5O3S/c33-26-5-3-23(4-6-26)25-15-18-38(21-25)32(40)30-19-36-39(28-9-7-27(34)8-10-28)31(30)24-13-16-37(17-14-24)20-22-1-11-29(12-2-22)43(35,41)42/h1-12,19,24-25H,13-18,20-21H2,(H2,35,41,42)/t25-/m0/s1. The van der Waals surface area contributed by atoms with E-state index in [0.29, 0.717) is 30.9 Å². The number of hydrogen-bond acceptors (Lipinski definition) is 5. The lowest BCUT2D eigenvalue weighted by Crippen LogP contribution is -2.34. The van der Waals surface area contributed by atoms with E-state index >= 15 is 0 Å². The van der Waals surface area contributed by atoms with Crippen molar-refractivity contribution in [2.24, 2.45) is 5.14 Å². The van der Waals surface area contributed by atoms with Gasteiger partial charge in [0.2, 0.25) is 10.0 Å². The lowest BCUT2D eigenvalue weighted by Gasteiger charge is -2.33. The third-order valence-electron chi connectivity index (χ3n) is 8.56. The number of nitrogens with two attached hydrogens (primary N) is 1. The molecule has 224 valence electrons. The molecule has 0 radical (unpaired) electrons. The molecule has 2 aliphatic heterocycles. The van der Waals surface area contributed by atoms with Gasteiger partial charge in [-0.1, -0.05) is 24.3 Å². The molecule has 0 unspecified atom stereocenters. The van der Waals surface area contributed by atoms with Crippen molar-refractivity contribution in [3.05, 3.63) is 113 Å². The van der Waals surface area contributed by atoms with Crippen LogP contribution in [0.4, 0.5) is 8.78 Å². The Balaban J connectivity index is 1.20. The Morgan fingerprint density at radius 3 is 2.07 bits per heavy atom. The molecule has 43 heavy (non-hydrogen) atoms. The molecule has 6 rings (SSSR count). The average Bonchev–Trinajstić information content (AvgIpc) is 3.67. The maximum atomic E-state index is 13.9. The molecule has 0 saturated carbocycles. The topological polar surface area (TPSA) is 102 Å². The smallest absolute Gasteiger partial charge is 0.257 e. The number of likely N-dealkylation sites (tertiary alicyclic amines) is 2. The van der Waals surface area contributed by atoms with Crippen LogP contribution in [0.25, 0.3) is 5.69 Å². The van der Waals surface area contributed by atoms with Crippen molar-refractivity contribution in [2.75, 3.05) is 26.2 Å². The summed E-state index contributed by atoms with van der Waals surface area (Å²) in [6, 6.07) is 19.2. The Hall–Kier alpha value is -3.93. The van der Waals surface area contributed by atoms with Gasteiger partial charge in [-0.3, -0.25) is 9.69 Å². The van der Waals surface area contributed by atoms with Crippen LogP contribution in [-0.2, 0) is 16.6 Å². The Bertz CT molecular complexity index is 1700. The van der Waals surface area contributed by atoms with Crippen LogP contribution < -0.4 is 5.14 Å². The molecule has 1 aromatic heterocycles. The van der Waals surface area contributed by atoms with Crippen LogP contribution in [0, 0.1) is 11.6 Å². The molecule has 2 N–H and O–H groups in total. The summed E-state index contributed by atoms with van der Waals surface area (Å²) in [6.07, 6.45) is 4.02. The fraction of sp³-hybridized carbons (Fsp3) is 0.312. The van der Waals surface area contributed by atoms with Crippen molar-refractivity contribution < 1.29 is 22.0 Å². The molecule has 8 nitrogen and oxygen atoms in total. The van der Waals surface area contributed by atoms with Gasteiger partial charge in [0.15, 0.2) is 0 Å². The number of amides is 1.